The maximum atomic E-state index is 5.83. The third-order valence-corrected chi connectivity index (χ3v) is 3.79. The lowest BCUT2D eigenvalue weighted by Crippen LogP contribution is -2.33. The molecule has 1 unspecified atom stereocenters. The molecule has 0 aliphatic carbocycles. The third kappa shape index (κ3) is 4.28. The van der Waals surface area contributed by atoms with Crippen molar-refractivity contribution in [1.29, 1.82) is 0 Å². The Kier molecular flexibility index (Phi) is 5.72. The van der Waals surface area contributed by atoms with Crippen molar-refractivity contribution in [2.75, 3.05) is 38.2 Å². The third-order valence-electron chi connectivity index (χ3n) is 3.79. The molecule has 116 valence electrons. The van der Waals surface area contributed by atoms with E-state index >= 15 is 0 Å². The van der Waals surface area contributed by atoms with Crippen LogP contribution in [0.2, 0.25) is 0 Å². The average molecular weight is 290 g/mol. The van der Waals surface area contributed by atoms with Crippen LogP contribution in [0.15, 0.2) is 29.3 Å². The number of benzene rings is 1. The van der Waals surface area contributed by atoms with E-state index in [0.29, 0.717) is 11.9 Å². The van der Waals surface area contributed by atoms with Crippen LogP contribution in [0.5, 0.6) is 5.75 Å². The van der Waals surface area contributed by atoms with E-state index in [1.165, 1.54) is 5.69 Å². The number of hydrogen-bond acceptors (Lipinski definition) is 3. The number of nitrogens with zero attached hydrogens (tertiary/aromatic N) is 2. The van der Waals surface area contributed by atoms with Crippen molar-refractivity contribution in [2.24, 2.45) is 16.6 Å². The van der Waals surface area contributed by atoms with Crippen LogP contribution in [0.3, 0.4) is 0 Å². The molecule has 0 spiro atoms. The van der Waals surface area contributed by atoms with Crippen molar-refractivity contribution in [2.45, 2.75) is 19.8 Å². The van der Waals surface area contributed by atoms with Gasteiger partial charge in [-0.3, -0.25) is 4.99 Å². The standard InChI is InChI=1S/C16H26N4O/c1-3-9-18-16(17)19-11-13-8-10-20(12-13)14-6-4-5-7-15(14)21-2/h4-7,13H,3,8-12H2,1-2H3,(H3,17,18,19). The van der Waals surface area contributed by atoms with Crippen LogP contribution in [0.1, 0.15) is 19.8 Å². The van der Waals surface area contributed by atoms with Crippen molar-refractivity contribution in [3.05, 3.63) is 24.3 Å². The second kappa shape index (κ2) is 7.76. The van der Waals surface area contributed by atoms with Crippen LogP contribution < -0.4 is 20.7 Å². The van der Waals surface area contributed by atoms with Gasteiger partial charge < -0.3 is 20.7 Å². The van der Waals surface area contributed by atoms with Gasteiger partial charge in [0, 0.05) is 26.2 Å². The minimum absolute atomic E-state index is 0.553. The van der Waals surface area contributed by atoms with E-state index in [-0.39, 0.29) is 0 Å². The largest absolute Gasteiger partial charge is 0.495 e. The van der Waals surface area contributed by atoms with E-state index in [0.717, 1.165) is 44.8 Å². The maximum absolute atomic E-state index is 5.83. The van der Waals surface area contributed by atoms with Gasteiger partial charge in [0.15, 0.2) is 5.96 Å². The number of rotatable bonds is 6. The van der Waals surface area contributed by atoms with Gasteiger partial charge in [-0.1, -0.05) is 19.1 Å². The van der Waals surface area contributed by atoms with Crippen LogP contribution in [-0.4, -0.2) is 39.2 Å². The summed E-state index contributed by atoms with van der Waals surface area (Å²) in [6, 6.07) is 8.17. The molecule has 1 aromatic carbocycles. The number of aliphatic imine (C=N–C) groups is 1. The SMILES string of the molecule is CCCNC(N)=NCC1CCN(c2ccccc2OC)C1. The molecule has 21 heavy (non-hydrogen) atoms. The first-order valence-corrected chi connectivity index (χ1v) is 7.66. The van der Waals surface area contributed by atoms with Gasteiger partial charge in [0.25, 0.3) is 0 Å². The molecule has 1 aromatic rings. The Hall–Kier alpha value is -1.91. The fourth-order valence-corrected chi connectivity index (χ4v) is 2.63. The Morgan fingerprint density at radius 1 is 1.48 bits per heavy atom. The predicted octanol–water partition coefficient (Wildman–Crippen LogP) is 1.84. The molecule has 0 amide bonds. The van der Waals surface area contributed by atoms with Crippen molar-refractivity contribution in [1.82, 2.24) is 5.32 Å². The Balaban J connectivity index is 1.89. The second-order valence-electron chi connectivity index (χ2n) is 5.43. The summed E-state index contributed by atoms with van der Waals surface area (Å²) in [5.74, 6) is 2.05. The van der Waals surface area contributed by atoms with E-state index in [1.54, 1.807) is 7.11 Å². The zero-order chi connectivity index (χ0) is 15.1. The first-order chi connectivity index (χ1) is 10.2. The van der Waals surface area contributed by atoms with Crippen LogP contribution in [0, 0.1) is 5.92 Å². The number of guanidine groups is 1. The Morgan fingerprint density at radius 2 is 2.29 bits per heavy atom. The van der Waals surface area contributed by atoms with E-state index < -0.39 is 0 Å². The van der Waals surface area contributed by atoms with Gasteiger partial charge in [0.2, 0.25) is 0 Å². The van der Waals surface area contributed by atoms with E-state index in [1.807, 2.05) is 12.1 Å². The summed E-state index contributed by atoms with van der Waals surface area (Å²) in [6.45, 7) is 5.83. The highest BCUT2D eigenvalue weighted by molar-refractivity contribution is 5.77. The summed E-state index contributed by atoms with van der Waals surface area (Å²) in [5.41, 5.74) is 7.00. The smallest absolute Gasteiger partial charge is 0.188 e. The minimum atomic E-state index is 0.553. The predicted molar refractivity (Wildman–Crippen MR) is 88.1 cm³/mol. The molecular formula is C16H26N4O. The van der Waals surface area contributed by atoms with Crippen molar-refractivity contribution < 1.29 is 4.74 Å². The molecule has 0 radical (unpaired) electrons. The normalized spacial score (nSPS) is 18.9. The van der Waals surface area contributed by atoms with Gasteiger partial charge in [0.1, 0.15) is 5.75 Å². The van der Waals surface area contributed by atoms with Crippen molar-refractivity contribution in [3.63, 3.8) is 0 Å². The molecule has 1 fully saturated rings. The Morgan fingerprint density at radius 3 is 3.05 bits per heavy atom. The first-order valence-electron chi connectivity index (χ1n) is 7.66. The average Bonchev–Trinajstić information content (AvgIpc) is 2.99. The quantitative estimate of drug-likeness (QED) is 0.620. The number of hydrogen-bond donors (Lipinski definition) is 2. The summed E-state index contributed by atoms with van der Waals surface area (Å²) in [7, 11) is 1.72. The lowest BCUT2D eigenvalue weighted by Gasteiger charge is -2.21. The Labute approximate surface area is 127 Å². The molecule has 0 aromatic heterocycles. The van der Waals surface area contributed by atoms with Gasteiger partial charge >= 0.3 is 0 Å². The molecule has 5 nitrogen and oxygen atoms in total. The molecule has 0 bridgehead atoms. The van der Waals surface area contributed by atoms with Crippen LogP contribution in [0.4, 0.5) is 5.69 Å². The highest BCUT2D eigenvalue weighted by Crippen LogP contribution is 2.31. The molecule has 3 N–H and O–H groups in total. The molecule has 1 saturated heterocycles. The molecule has 1 heterocycles. The minimum Gasteiger partial charge on any atom is -0.495 e. The second-order valence-corrected chi connectivity index (χ2v) is 5.43. The monoisotopic (exact) mass is 290 g/mol. The summed E-state index contributed by atoms with van der Waals surface area (Å²) in [5, 5.41) is 3.11. The number of nitrogens with one attached hydrogen (secondary N) is 1. The van der Waals surface area contributed by atoms with E-state index in [2.05, 4.69) is 34.3 Å². The first kappa shape index (κ1) is 15.5. The van der Waals surface area contributed by atoms with Crippen LogP contribution in [-0.2, 0) is 0 Å². The molecule has 1 aliphatic heterocycles. The van der Waals surface area contributed by atoms with Gasteiger partial charge in [-0.25, -0.2) is 0 Å². The zero-order valence-electron chi connectivity index (χ0n) is 13.0. The summed E-state index contributed by atoms with van der Waals surface area (Å²) < 4.78 is 5.44. The topological polar surface area (TPSA) is 62.9 Å². The van der Waals surface area contributed by atoms with Gasteiger partial charge in [0.05, 0.1) is 12.8 Å². The molecule has 0 saturated carbocycles. The van der Waals surface area contributed by atoms with E-state index in [9.17, 15) is 0 Å². The van der Waals surface area contributed by atoms with Crippen molar-refractivity contribution in [3.8, 4) is 5.75 Å². The lowest BCUT2D eigenvalue weighted by molar-refractivity contribution is 0.414. The van der Waals surface area contributed by atoms with Crippen molar-refractivity contribution >= 4 is 11.6 Å². The molecule has 2 rings (SSSR count). The number of para-hydroxylation sites is 2. The highest BCUT2D eigenvalue weighted by Gasteiger charge is 2.24. The number of nitrogens with two attached hydrogens (primary N) is 1. The van der Waals surface area contributed by atoms with Gasteiger partial charge in [-0.15, -0.1) is 0 Å². The fourth-order valence-electron chi connectivity index (χ4n) is 2.63. The molecule has 5 heteroatoms. The zero-order valence-corrected chi connectivity index (χ0v) is 13.0. The maximum Gasteiger partial charge on any atom is 0.188 e. The number of methoxy groups -OCH3 is 1. The number of anilines is 1. The van der Waals surface area contributed by atoms with Gasteiger partial charge in [-0.05, 0) is 30.9 Å². The lowest BCUT2D eigenvalue weighted by atomic mass is 10.1. The summed E-state index contributed by atoms with van der Waals surface area (Å²) >= 11 is 0. The van der Waals surface area contributed by atoms with E-state index in [4.69, 9.17) is 10.5 Å². The molecular weight excluding hydrogens is 264 g/mol. The highest BCUT2D eigenvalue weighted by atomic mass is 16.5. The van der Waals surface area contributed by atoms with Gasteiger partial charge in [-0.2, -0.15) is 0 Å². The number of ether oxygens (including phenoxy) is 1. The molecule has 1 atom stereocenters. The molecule has 1 aliphatic rings. The van der Waals surface area contributed by atoms with Crippen LogP contribution >= 0.6 is 0 Å². The fraction of sp³-hybridized carbons (Fsp3) is 0.562. The summed E-state index contributed by atoms with van der Waals surface area (Å²) in [4.78, 5) is 6.81. The van der Waals surface area contributed by atoms with Crippen LogP contribution in [0.25, 0.3) is 0 Å². The Bertz CT molecular complexity index is 475. The summed E-state index contributed by atoms with van der Waals surface area (Å²) in [6.07, 6.45) is 2.20.